The van der Waals surface area contributed by atoms with E-state index in [0.717, 1.165) is 19.4 Å². The molecule has 1 aliphatic heterocycles. The Bertz CT molecular complexity index is 452. The van der Waals surface area contributed by atoms with Gasteiger partial charge in [-0.05, 0) is 31.5 Å². The van der Waals surface area contributed by atoms with Gasteiger partial charge in [-0.3, -0.25) is 0 Å². The van der Waals surface area contributed by atoms with E-state index in [2.05, 4.69) is 5.32 Å². The lowest BCUT2D eigenvalue weighted by Crippen LogP contribution is -2.39. The Morgan fingerprint density at radius 3 is 2.65 bits per heavy atom. The van der Waals surface area contributed by atoms with Gasteiger partial charge in [-0.25, -0.2) is 8.42 Å². The largest absolute Gasteiger partial charge is 0.390 e. The molecule has 2 N–H and O–H groups in total. The number of sulfone groups is 1. The van der Waals surface area contributed by atoms with Crippen LogP contribution < -0.4 is 5.32 Å². The summed E-state index contributed by atoms with van der Waals surface area (Å²) in [4.78, 5) is 0.275. The predicted molar refractivity (Wildman–Crippen MR) is 65.5 cm³/mol. The minimum Gasteiger partial charge on any atom is -0.390 e. The molecular weight excluding hydrogens is 238 g/mol. The number of aliphatic hydroxyl groups excluding tert-OH is 1. The van der Waals surface area contributed by atoms with Crippen LogP contribution in [0.15, 0.2) is 35.2 Å². The van der Waals surface area contributed by atoms with E-state index in [1.54, 1.807) is 30.3 Å². The van der Waals surface area contributed by atoms with Crippen molar-refractivity contribution in [3.8, 4) is 0 Å². The highest BCUT2D eigenvalue weighted by Crippen LogP contribution is 2.16. The molecule has 0 saturated carbocycles. The molecule has 1 aromatic rings. The summed E-state index contributed by atoms with van der Waals surface area (Å²) in [5.74, 6) is -0.214. The molecule has 1 fully saturated rings. The van der Waals surface area contributed by atoms with Crippen LogP contribution in [0.4, 0.5) is 0 Å². The molecule has 2 rings (SSSR count). The summed E-state index contributed by atoms with van der Waals surface area (Å²) < 4.78 is 24.0. The zero-order chi connectivity index (χ0) is 12.3. The molecule has 0 aliphatic carbocycles. The number of aliphatic hydroxyl groups is 1. The lowest BCUT2D eigenvalue weighted by molar-refractivity contribution is 0.157. The van der Waals surface area contributed by atoms with Crippen LogP contribution in [0.25, 0.3) is 0 Å². The van der Waals surface area contributed by atoms with Crippen molar-refractivity contribution < 1.29 is 13.5 Å². The Labute approximate surface area is 102 Å². The predicted octanol–water partition coefficient (Wildman–Crippen LogP) is 0.573. The fourth-order valence-electron chi connectivity index (χ4n) is 2.10. The first-order chi connectivity index (χ1) is 8.09. The molecule has 5 heteroatoms. The van der Waals surface area contributed by atoms with E-state index in [1.807, 2.05) is 0 Å². The van der Waals surface area contributed by atoms with Crippen LogP contribution in [0.5, 0.6) is 0 Å². The van der Waals surface area contributed by atoms with Crippen molar-refractivity contribution in [3.05, 3.63) is 30.3 Å². The molecule has 0 radical (unpaired) electrons. The molecule has 1 aliphatic rings. The molecule has 2 atom stereocenters. The SMILES string of the molecule is O=S(=O)(C[C@H](O)[C@H]1CCCN1)c1ccccc1. The van der Waals surface area contributed by atoms with Gasteiger partial charge in [0.05, 0.1) is 16.8 Å². The van der Waals surface area contributed by atoms with Crippen LogP contribution >= 0.6 is 0 Å². The molecule has 1 aromatic carbocycles. The second-order valence-corrected chi connectivity index (χ2v) is 6.40. The highest BCUT2D eigenvalue weighted by Gasteiger charge is 2.28. The number of benzene rings is 1. The normalized spacial score (nSPS) is 22.5. The van der Waals surface area contributed by atoms with E-state index in [9.17, 15) is 13.5 Å². The van der Waals surface area contributed by atoms with E-state index in [1.165, 1.54) is 0 Å². The van der Waals surface area contributed by atoms with Crippen molar-refractivity contribution in [1.29, 1.82) is 0 Å². The molecule has 0 spiro atoms. The minimum atomic E-state index is -3.39. The molecular formula is C12H17NO3S. The van der Waals surface area contributed by atoms with Crippen LogP contribution in [-0.4, -0.2) is 38.0 Å². The molecule has 0 bridgehead atoms. The zero-order valence-corrected chi connectivity index (χ0v) is 10.4. The van der Waals surface area contributed by atoms with Gasteiger partial charge in [-0.15, -0.1) is 0 Å². The zero-order valence-electron chi connectivity index (χ0n) is 9.54. The quantitative estimate of drug-likeness (QED) is 0.825. The van der Waals surface area contributed by atoms with Crippen molar-refractivity contribution in [1.82, 2.24) is 5.32 Å². The molecule has 94 valence electrons. The Balaban J connectivity index is 2.07. The maximum absolute atomic E-state index is 12.0. The van der Waals surface area contributed by atoms with Crippen LogP contribution in [0.1, 0.15) is 12.8 Å². The Morgan fingerprint density at radius 2 is 2.06 bits per heavy atom. The third-order valence-electron chi connectivity index (χ3n) is 3.06. The number of nitrogens with one attached hydrogen (secondary N) is 1. The minimum absolute atomic E-state index is 0.0894. The Kier molecular flexibility index (Phi) is 3.81. The third-order valence-corrected chi connectivity index (χ3v) is 4.83. The number of rotatable bonds is 4. The average Bonchev–Trinajstić information content (AvgIpc) is 2.83. The number of hydrogen-bond acceptors (Lipinski definition) is 4. The van der Waals surface area contributed by atoms with Gasteiger partial charge in [0, 0.05) is 6.04 Å². The van der Waals surface area contributed by atoms with Crippen molar-refractivity contribution in [2.24, 2.45) is 0 Å². The van der Waals surface area contributed by atoms with Gasteiger partial charge >= 0.3 is 0 Å². The first kappa shape index (κ1) is 12.5. The maximum atomic E-state index is 12.0. The van der Waals surface area contributed by atoms with Crippen molar-refractivity contribution in [2.45, 2.75) is 29.9 Å². The summed E-state index contributed by atoms with van der Waals surface area (Å²) in [6.45, 7) is 0.854. The van der Waals surface area contributed by atoms with Crippen molar-refractivity contribution in [3.63, 3.8) is 0 Å². The monoisotopic (exact) mass is 255 g/mol. The molecule has 17 heavy (non-hydrogen) atoms. The van der Waals surface area contributed by atoms with Crippen molar-refractivity contribution >= 4 is 9.84 Å². The summed E-state index contributed by atoms with van der Waals surface area (Å²) in [5.41, 5.74) is 0. The van der Waals surface area contributed by atoms with Crippen LogP contribution in [0.2, 0.25) is 0 Å². The fraction of sp³-hybridized carbons (Fsp3) is 0.500. The second kappa shape index (κ2) is 5.16. The maximum Gasteiger partial charge on any atom is 0.180 e. The first-order valence-corrected chi connectivity index (χ1v) is 7.44. The highest BCUT2D eigenvalue weighted by molar-refractivity contribution is 7.91. The van der Waals surface area contributed by atoms with Crippen molar-refractivity contribution in [2.75, 3.05) is 12.3 Å². The summed E-state index contributed by atoms with van der Waals surface area (Å²) in [6, 6.07) is 8.18. The molecule has 1 saturated heterocycles. The van der Waals surface area contributed by atoms with Crippen LogP contribution in [0.3, 0.4) is 0 Å². The van der Waals surface area contributed by atoms with Gasteiger partial charge in [0.1, 0.15) is 0 Å². The van der Waals surface area contributed by atoms with Gasteiger partial charge in [-0.2, -0.15) is 0 Å². The van der Waals surface area contributed by atoms with E-state index in [4.69, 9.17) is 0 Å². The van der Waals surface area contributed by atoms with Gasteiger partial charge in [0.2, 0.25) is 0 Å². The first-order valence-electron chi connectivity index (χ1n) is 5.79. The summed E-state index contributed by atoms with van der Waals surface area (Å²) in [5, 5.41) is 13.0. The molecule has 0 amide bonds. The van der Waals surface area contributed by atoms with Gasteiger partial charge in [-0.1, -0.05) is 18.2 Å². The summed E-state index contributed by atoms with van der Waals surface area (Å²) in [7, 11) is -3.39. The lowest BCUT2D eigenvalue weighted by atomic mass is 10.1. The Morgan fingerprint density at radius 1 is 1.35 bits per heavy atom. The Hall–Kier alpha value is -0.910. The second-order valence-electron chi connectivity index (χ2n) is 4.36. The third kappa shape index (κ3) is 3.06. The fourth-order valence-corrected chi connectivity index (χ4v) is 3.55. The average molecular weight is 255 g/mol. The van der Waals surface area contributed by atoms with E-state index in [0.29, 0.717) is 0 Å². The molecule has 4 nitrogen and oxygen atoms in total. The summed E-state index contributed by atoms with van der Waals surface area (Å²) >= 11 is 0. The topological polar surface area (TPSA) is 66.4 Å². The highest BCUT2D eigenvalue weighted by atomic mass is 32.2. The molecule has 0 aromatic heterocycles. The van der Waals surface area contributed by atoms with Crippen LogP contribution in [0, 0.1) is 0 Å². The van der Waals surface area contributed by atoms with E-state index in [-0.39, 0.29) is 16.7 Å². The van der Waals surface area contributed by atoms with Crippen LogP contribution in [-0.2, 0) is 9.84 Å². The lowest BCUT2D eigenvalue weighted by Gasteiger charge is -2.18. The smallest absolute Gasteiger partial charge is 0.180 e. The van der Waals surface area contributed by atoms with E-state index >= 15 is 0 Å². The summed E-state index contributed by atoms with van der Waals surface area (Å²) in [6.07, 6.45) is 1.00. The van der Waals surface area contributed by atoms with E-state index < -0.39 is 15.9 Å². The number of hydrogen-bond donors (Lipinski definition) is 2. The molecule has 1 heterocycles. The standard InChI is InChI=1S/C12H17NO3S/c14-12(11-7-4-8-13-11)9-17(15,16)10-5-2-1-3-6-10/h1-3,5-6,11-14H,4,7-9H2/t11-,12+/m1/s1. The van der Waals surface area contributed by atoms with Gasteiger partial charge in [0.15, 0.2) is 9.84 Å². The van der Waals surface area contributed by atoms with Gasteiger partial charge in [0.25, 0.3) is 0 Å². The molecule has 0 unspecified atom stereocenters. The van der Waals surface area contributed by atoms with Gasteiger partial charge < -0.3 is 10.4 Å².